The Hall–Kier alpha value is -2.01. The van der Waals surface area contributed by atoms with E-state index in [1.807, 2.05) is 24.3 Å². The van der Waals surface area contributed by atoms with Gasteiger partial charge in [-0.2, -0.15) is 0 Å². The van der Waals surface area contributed by atoms with Crippen LogP contribution in [0.2, 0.25) is 0 Å². The van der Waals surface area contributed by atoms with E-state index in [1.54, 1.807) is 18.5 Å². The monoisotopic (exact) mass is 243 g/mol. The van der Waals surface area contributed by atoms with Gasteiger partial charge in [0.05, 0.1) is 10.6 Å². The number of rotatable bonds is 1. The van der Waals surface area contributed by atoms with Crippen LogP contribution in [0.4, 0.5) is 5.69 Å². The summed E-state index contributed by atoms with van der Waals surface area (Å²) in [6.07, 6.45) is 5.13. The maximum absolute atomic E-state index is 11.8. The smallest absolute Gasteiger partial charge is 0.262 e. The number of H-pyrrole nitrogens is 1. The third kappa shape index (κ3) is 1.97. The Kier molecular flexibility index (Phi) is 2.45. The van der Waals surface area contributed by atoms with Crippen molar-refractivity contribution < 1.29 is 4.79 Å². The molecule has 0 aliphatic carbocycles. The van der Waals surface area contributed by atoms with Crippen molar-refractivity contribution in [3.63, 3.8) is 0 Å². The van der Waals surface area contributed by atoms with Crippen molar-refractivity contribution >= 4 is 29.4 Å². The highest BCUT2D eigenvalue weighted by molar-refractivity contribution is 8.04. The van der Waals surface area contributed by atoms with Crippen LogP contribution in [0.3, 0.4) is 0 Å². The van der Waals surface area contributed by atoms with E-state index < -0.39 is 0 Å². The molecule has 0 bridgehead atoms. The zero-order chi connectivity index (χ0) is 11.7. The first-order chi connectivity index (χ1) is 8.33. The number of nitrogens with zero attached hydrogens (tertiary/aromatic N) is 1. The SMILES string of the molecule is O=C1Nc2ccccc2S/C1=C/c1ncc[nH]1. The van der Waals surface area contributed by atoms with Crippen LogP contribution in [0.5, 0.6) is 0 Å². The lowest BCUT2D eigenvalue weighted by atomic mass is 10.3. The quantitative estimate of drug-likeness (QED) is 0.756. The van der Waals surface area contributed by atoms with Gasteiger partial charge in [0.15, 0.2) is 0 Å². The number of hydrogen-bond donors (Lipinski definition) is 2. The number of aromatic amines is 1. The Morgan fingerprint density at radius 1 is 1.29 bits per heavy atom. The fourth-order valence-corrected chi connectivity index (χ4v) is 2.51. The number of carbonyl (C=O) groups excluding carboxylic acids is 1. The van der Waals surface area contributed by atoms with Gasteiger partial charge in [-0.3, -0.25) is 4.79 Å². The van der Waals surface area contributed by atoms with Crippen molar-refractivity contribution in [1.82, 2.24) is 9.97 Å². The Morgan fingerprint density at radius 2 is 2.18 bits per heavy atom. The summed E-state index contributed by atoms with van der Waals surface area (Å²) >= 11 is 1.45. The number of carbonyl (C=O) groups is 1. The highest BCUT2D eigenvalue weighted by atomic mass is 32.2. The summed E-state index contributed by atoms with van der Waals surface area (Å²) in [5.74, 6) is 0.590. The van der Waals surface area contributed by atoms with Gasteiger partial charge in [0.2, 0.25) is 0 Å². The molecule has 1 aromatic heterocycles. The minimum absolute atomic E-state index is 0.0925. The van der Waals surface area contributed by atoms with E-state index in [0.29, 0.717) is 10.7 Å². The van der Waals surface area contributed by atoms with E-state index in [2.05, 4.69) is 15.3 Å². The Balaban J connectivity index is 1.97. The van der Waals surface area contributed by atoms with Crippen LogP contribution in [0.1, 0.15) is 5.82 Å². The lowest BCUT2D eigenvalue weighted by molar-refractivity contribution is -0.112. The zero-order valence-corrected chi connectivity index (χ0v) is 9.62. The van der Waals surface area contributed by atoms with Gasteiger partial charge in [0, 0.05) is 23.4 Å². The van der Waals surface area contributed by atoms with Crippen molar-refractivity contribution in [3.05, 3.63) is 47.4 Å². The standard InChI is InChI=1S/C12H9N3OS/c16-12-10(7-11-13-5-6-14-11)17-9-4-2-1-3-8(9)15-12/h1-7H,(H,13,14)(H,15,16)/b10-7+. The number of amides is 1. The molecule has 2 aromatic rings. The molecule has 1 amide bonds. The molecule has 84 valence electrons. The molecule has 1 aliphatic heterocycles. The van der Waals surface area contributed by atoms with E-state index in [-0.39, 0.29) is 5.91 Å². The fraction of sp³-hybridized carbons (Fsp3) is 0. The van der Waals surface area contributed by atoms with E-state index in [1.165, 1.54) is 11.8 Å². The zero-order valence-electron chi connectivity index (χ0n) is 8.81. The summed E-state index contributed by atoms with van der Waals surface area (Å²) in [5.41, 5.74) is 0.860. The van der Waals surface area contributed by atoms with Crippen molar-refractivity contribution in [2.75, 3.05) is 5.32 Å². The van der Waals surface area contributed by atoms with Crippen LogP contribution >= 0.6 is 11.8 Å². The molecule has 3 rings (SSSR count). The fourth-order valence-electron chi connectivity index (χ4n) is 1.58. The molecule has 2 N–H and O–H groups in total. The molecule has 0 spiro atoms. The molecule has 0 atom stereocenters. The van der Waals surface area contributed by atoms with Crippen LogP contribution in [0, 0.1) is 0 Å². The molecular weight excluding hydrogens is 234 g/mol. The highest BCUT2D eigenvalue weighted by Crippen LogP contribution is 2.38. The number of benzene rings is 1. The first-order valence-electron chi connectivity index (χ1n) is 5.12. The summed E-state index contributed by atoms with van der Waals surface area (Å²) in [5, 5.41) is 2.85. The average Bonchev–Trinajstić information content (AvgIpc) is 2.83. The van der Waals surface area contributed by atoms with E-state index in [4.69, 9.17) is 0 Å². The van der Waals surface area contributed by atoms with E-state index in [9.17, 15) is 4.79 Å². The molecule has 17 heavy (non-hydrogen) atoms. The second-order valence-corrected chi connectivity index (χ2v) is 4.62. The number of aromatic nitrogens is 2. The predicted molar refractivity (Wildman–Crippen MR) is 67.5 cm³/mol. The number of para-hydroxylation sites is 1. The predicted octanol–water partition coefficient (Wildman–Crippen LogP) is 2.50. The topological polar surface area (TPSA) is 57.8 Å². The van der Waals surface area contributed by atoms with Crippen molar-refractivity contribution in [1.29, 1.82) is 0 Å². The maximum atomic E-state index is 11.8. The highest BCUT2D eigenvalue weighted by Gasteiger charge is 2.20. The molecular formula is C12H9N3OS. The first kappa shape index (κ1) is 10.2. The molecule has 1 aromatic carbocycles. The van der Waals surface area contributed by atoms with E-state index in [0.717, 1.165) is 10.6 Å². The molecule has 0 radical (unpaired) electrons. The van der Waals surface area contributed by atoms with Crippen molar-refractivity contribution in [3.8, 4) is 0 Å². The molecule has 0 saturated carbocycles. The van der Waals surface area contributed by atoms with Gasteiger partial charge in [-0.25, -0.2) is 4.98 Å². The normalized spacial score (nSPS) is 16.7. The maximum Gasteiger partial charge on any atom is 0.262 e. The van der Waals surface area contributed by atoms with Gasteiger partial charge >= 0.3 is 0 Å². The largest absolute Gasteiger partial charge is 0.345 e. The second kappa shape index (κ2) is 4.10. The summed E-state index contributed by atoms with van der Waals surface area (Å²) in [6, 6.07) is 7.73. The third-order valence-corrected chi connectivity index (χ3v) is 3.47. The lowest BCUT2D eigenvalue weighted by Gasteiger charge is -2.17. The van der Waals surface area contributed by atoms with E-state index >= 15 is 0 Å². The molecule has 1 aliphatic rings. The van der Waals surface area contributed by atoms with Crippen molar-refractivity contribution in [2.45, 2.75) is 4.90 Å². The van der Waals surface area contributed by atoms with Gasteiger partial charge in [-0.15, -0.1) is 0 Å². The number of hydrogen-bond acceptors (Lipinski definition) is 3. The molecule has 0 saturated heterocycles. The van der Waals surface area contributed by atoms with Crippen LogP contribution < -0.4 is 5.32 Å². The molecule has 0 unspecified atom stereocenters. The second-order valence-electron chi connectivity index (χ2n) is 3.54. The molecule has 4 nitrogen and oxygen atoms in total. The summed E-state index contributed by atoms with van der Waals surface area (Å²) in [4.78, 5) is 20.5. The number of fused-ring (bicyclic) bond motifs is 1. The number of nitrogens with one attached hydrogen (secondary N) is 2. The Morgan fingerprint density at radius 3 is 3.00 bits per heavy atom. The first-order valence-corrected chi connectivity index (χ1v) is 5.94. The molecule has 5 heteroatoms. The lowest BCUT2D eigenvalue weighted by Crippen LogP contribution is -2.17. The van der Waals surface area contributed by atoms with Crippen LogP contribution in [-0.4, -0.2) is 15.9 Å². The average molecular weight is 243 g/mol. The van der Waals surface area contributed by atoms with Gasteiger partial charge < -0.3 is 10.3 Å². The Labute approximate surface area is 102 Å². The van der Waals surface area contributed by atoms with Crippen LogP contribution in [0.15, 0.2) is 46.5 Å². The minimum atomic E-state index is -0.0925. The van der Waals surface area contributed by atoms with Gasteiger partial charge in [0.1, 0.15) is 5.82 Å². The number of anilines is 1. The third-order valence-electron chi connectivity index (χ3n) is 2.37. The van der Waals surface area contributed by atoms with Gasteiger partial charge in [-0.05, 0) is 12.1 Å². The Bertz CT molecular complexity index is 590. The number of thioether (sulfide) groups is 1. The van der Waals surface area contributed by atoms with Crippen LogP contribution in [-0.2, 0) is 4.79 Å². The van der Waals surface area contributed by atoms with Gasteiger partial charge in [-0.1, -0.05) is 23.9 Å². The molecule has 2 heterocycles. The number of imidazole rings is 1. The summed E-state index contributed by atoms with van der Waals surface area (Å²) < 4.78 is 0. The molecule has 0 fully saturated rings. The van der Waals surface area contributed by atoms with Gasteiger partial charge in [0.25, 0.3) is 5.91 Å². The van der Waals surface area contributed by atoms with Crippen molar-refractivity contribution in [2.24, 2.45) is 0 Å². The minimum Gasteiger partial charge on any atom is -0.345 e. The summed E-state index contributed by atoms with van der Waals surface area (Å²) in [7, 11) is 0. The summed E-state index contributed by atoms with van der Waals surface area (Å²) in [6.45, 7) is 0. The van der Waals surface area contributed by atoms with Crippen LogP contribution in [0.25, 0.3) is 6.08 Å².